The molecule has 2 rings (SSSR count). The lowest BCUT2D eigenvalue weighted by Gasteiger charge is -2.44. The minimum atomic E-state index is -1.60. The van der Waals surface area contributed by atoms with Crippen LogP contribution in [0.2, 0.25) is 0 Å². The van der Waals surface area contributed by atoms with Crippen molar-refractivity contribution in [3.8, 4) is 0 Å². The molecular weight excluding hydrogens is 302 g/mol. The van der Waals surface area contributed by atoms with Crippen molar-refractivity contribution in [2.24, 2.45) is 5.73 Å². The zero-order valence-corrected chi connectivity index (χ0v) is 13.1. The van der Waals surface area contributed by atoms with Crippen LogP contribution in [0, 0.1) is 0 Å². The van der Waals surface area contributed by atoms with E-state index in [9.17, 15) is 20.4 Å². The van der Waals surface area contributed by atoms with Gasteiger partial charge in [0.15, 0.2) is 5.79 Å². The highest BCUT2D eigenvalue weighted by molar-refractivity contribution is 5.13. The van der Waals surface area contributed by atoms with Crippen LogP contribution in [-0.4, -0.2) is 63.3 Å². The summed E-state index contributed by atoms with van der Waals surface area (Å²) in [7, 11) is 0. The Morgan fingerprint density at radius 1 is 1.39 bits per heavy atom. The standard InChI is InChI=1S/C16H25NO6/c1-16(21)7-11(19)13(17)15(23-16)14(20)12(8-18)22-9-10-5-3-2-4-6-10/h2-6,11-15,18-21H,7-9,17H2,1H3/t11?,12?,13-,14-,15?,16+/m1/s1. The fourth-order valence-electron chi connectivity index (χ4n) is 2.71. The second-order valence-corrected chi connectivity index (χ2v) is 6.11. The highest BCUT2D eigenvalue weighted by Gasteiger charge is 2.46. The van der Waals surface area contributed by atoms with Gasteiger partial charge in [0.1, 0.15) is 18.3 Å². The van der Waals surface area contributed by atoms with Gasteiger partial charge in [-0.15, -0.1) is 0 Å². The average molecular weight is 327 g/mol. The van der Waals surface area contributed by atoms with E-state index in [0.29, 0.717) is 0 Å². The van der Waals surface area contributed by atoms with E-state index in [0.717, 1.165) is 5.56 Å². The van der Waals surface area contributed by atoms with Crippen LogP contribution in [0.1, 0.15) is 18.9 Å². The van der Waals surface area contributed by atoms with Crippen LogP contribution < -0.4 is 5.73 Å². The molecule has 3 unspecified atom stereocenters. The number of ether oxygens (including phenoxy) is 2. The lowest BCUT2D eigenvalue weighted by molar-refractivity contribution is -0.292. The van der Waals surface area contributed by atoms with Gasteiger partial charge in [-0.3, -0.25) is 0 Å². The van der Waals surface area contributed by atoms with Crippen molar-refractivity contribution in [1.29, 1.82) is 0 Å². The average Bonchev–Trinajstić information content (AvgIpc) is 2.52. The van der Waals surface area contributed by atoms with Crippen LogP contribution in [0.25, 0.3) is 0 Å². The predicted molar refractivity (Wildman–Crippen MR) is 82.2 cm³/mol. The number of rotatable bonds is 6. The number of hydrogen-bond donors (Lipinski definition) is 5. The lowest BCUT2D eigenvalue weighted by Crippen LogP contribution is -2.63. The Bertz CT molecular complexity index is 483. The monoisotopic (exact) mass is 327 g/mol. The van der Waals surface area contributed by atoms with Gasteiger partial charge < -0.3 is 35.6 Å². The van der Waals surface area contributed by atoms with Crippen LogP contribution in [0.3, 0.4) is 0 Å². The largest absolute Gasteiger partial charge is 0.394 e. The SMILES string of the molecule is C[C@@]1(O)CC(O)[C@@H](N)C([C@H](O)C(CO)OCc2ccccc2)O1. The van der Waals surface area contributed by atoms with Gasteiger partial charge in [-0.25, -0.2) is 0 Å². The Balaban J connectivity index is 2.01. The maximum absolute atomic E-state index is 10.4. The summed E-state index contributed by atoms with van der Waals surface area (Å²) in [4.78, 5) is 0. The molecule has 130 valence electrons. The maximum atomic E-state index is 10.4. The summed E-state index contributed by atoms with van der Waals surface area (Å²) in [5.41, 5.74) is 6.75. The Kier molecular flexibility index (Phi) is 6.10. The third-order valence-corrected chi connectivity index (χ3v) is 4.01. The Hall–Kier alpha value is -1.06. The normalized spacial score (nSPS) is 34.1. The summed E-state index contributed by atoms with van der Waals surface area (Å²) >= 11 is 0. The minimum Gasteiger partial charge on any atom is -0.394 e. The van der Waals surface area contributed by atoms with Gasteiger partial charge >= 0.3 is 0 Å². The number of aliphatic hydroxyl groups excluding tert-OH is 3. The van der Waals surface area contributed by atoms with E-state index >= 15 is 0 Å². The van der Waals surface area contributed by atoms with E-state index in [2.05, 4.69) is 0 Å². The fourth-order valence-corrected chi connectivity index (χ4v) is 2.71. The molecule has 0 spiro atoms. The first-order valence-electron chi connectivity index (χ1n) is 7.62. The van der Waals surface area contributed by atoms with Crippen molar-refractivity contribution in [3.05, 3.63) is 35.9 Å². The van der Waals surface area contributed by atoms with Crippen LogP contribution >= 0.6 is 0 Å². The van der Waals surface area contributed by atoms with E-state index in [-0.39, 0.29) is 13.0 Å². The first kappa shape index (κ1) is 18.3. The van der Waals surface area contributed by atoms with E-state index in [1.165, 1.54) is 6.92 Å². The predicted octanol–water partition coefficient (Wildman–Crippen LogP) is -0.889. The quantitative estimate of drug-likeness (QED) is 0.459. The van der Waals surface area contributed by atoms with Gasteiger partial charge in [0.2, 0.25) is 0 Å². The smallest absolute Gasteiger partial charge is 0.165 e. The lowest BCUT2D eigenvalue weighted by atomic mass is 9.90. The highest BCUT2D eigenvalue weighted by Crippen LogP contribution is 2.29. The van der Waals surface area contributed by atoms with E-state index < -0.39 is 42.9 Å². The second-order valence-electron chi connectivity index (χ2n) is 6.11. The summed E-state index contributed by atoms with van der Waals surface area (Å²) in [6.07, 6.45) is -4.37. The first-order valence-corrected chi connectivity index (χ1v) is 7.62. The van der Waals surface area contributed by atoms with Crippen molar-refractivity contribution in [2.45, 2.75) is 56.2 Å². The molecule has 0 aliphatic carbocycles. The van der Waals surface area contributed by atoms with E-state index in [4.69, 9.17) is 15.2 Å². The van der Waals surface area contributed by atoms with E-state index in [1.807, 2.05) is 30.3 Å². The van der Waals surface area contributed by atoms with Crippen LogP contribution in [0.15, 0.2) is 30.3 Å². The molecule has 7 nitrogen and oxygen atoms in total. The molecule has 0 bridgehead atoms. The molecule has 0 radical (unpaired) electrons. The zero-order chi connectivity index (χ0) is 17.0. The second kappa shape index (κ2) is 7.67. The maximum Gasteiger partial charge on any atom is 0.165 e. The summed E-state index contributed by atoms with van der Waals surface area (Å²) < 4.78 is 10.9. The van der Waals surface area contributed by atoms with Gasteiger partial charge in [-0.1, -0.05) is 30.3 Å². The topological polar surface area (TPSA) is 125 Å². The van der Waals surface area contributed by atoms with Crippen molar-refractivity contribution >= 4 is 0 Å². The molecular formula is C16H25NO6. The molecule has 0 aromatic heterocycles. The molecule has 1 fully saturated rings. The van der Waals surface area contributed by atoms with Gasteiger partial charge in [-0.2, -0.15) is 0 Å². The molecule has 1 aromatic carbocycles. The van der Waals surface area contributed by atoms with Crippen LogP contribution in [-0.2, 0) is 16.1 Å². The van der Waals surface area contributed by atoms with Crippen molar-refractivity contribution in [1.82, 2.24) is 0 Å². The zero-order valence-electron chi connectivity index (χ0n) is 13.1. The molecule has 1 heterocycles. The summed E-state index contributed by atoms with van der Waals surface area (Å²) in [6, 6.07) is 8.42. The third-order valence-electron chi connectivity index (χ3n) is 4.01. The molecule has 6 atom stereocenters. The van der Waals surface area contributed by atoms with Gasteiger partial charge in [0, 0.05) is 6.42 Å². The number of aliphatic hydroxyl groups is 4. The number of benzene rings is 1. The van der Waals surface area contributed by atoms with Gasteiger partial charge in [0.25, 0.3) is 0 Å². The fraction of sp³-hybridized carbons (Fsp3) is 0.625. The molecule has 0 saturated carbocycles. The third kappa shape index (κ3) is 4.71. The molecule has 1 saturated heterocycles. The molecule has 1 aromatic rings. The highest BCUT2D eigenvalue weighted by atomic mass is 16.6. The molecule has 23 heavy (non-hydrogen) atoms. The van der Waals surface area contributed by atoms with Crippen LogP contribution in [0.4, 0.5) is 0 Å². The number of nitrogens with two attached hydrogens (primary N) is 1. The van der Waals surface area contributed by atoms with Crippen molar-refractivity contribution in [3.63, 3.8) is 0 Å². The summed E-state index contributed by atoms with van der Waals surface area (Å²) in [5.74, 6) is -1.60. The molecule has 7 heteroatoms. The summed E-state index contributed by atoms with van der Waals surface area (Å²) in [5, 5.41) is 39.8. The Morgan fingerprint density at radius 3 is 2.65 bits per heavy atom. The molecule has 6 N–H and O–H groups in total. The van der Waals surface area contributed by atoms with Gasteiger partial charge in [0.05, 0.1) is 25.4 Å². The van der Waals surface area contributed by atoms with Gasteiger partial charge in [-0.05, 0) is 12.5 Å². The Morgan fingerprint density at radius 2 is 2.04 bits per heavy atom. The Labute approximate surface area is 135 Å². The number of hydrogen-bond acceptors (Lipinski definition) is 7. The van der Waals surface area contributed by atoms with Crippen molar-refractivity contribution < 1.29 is 29.9 Å². The van der Waals surface area contributed by atoms with Crippen LogP contribution in [0.5, 0.6) is 0 Å². The first-order chi connectivity index (χ1) is 10.8. The molecule has 0 amide bonds. The molecule has 1 aliphatic heterocycles. The minimum absolute atomic E-state index is 0.0496. The summed E-state index contributed by atoms with van der Waals surface area (Å²) in [6.45, 7) is 1.14. The van der Waals surface area contributed by atoms with E-state index in [1.54, 1.807) is 0 Å². The molecule has 1 aliphatic rings. The van der Waals surface area contributed by atoms with Crippen molar-refractivity contribution in [2.75, 3.05) is 6.61 Å².